The standard InChI is InChI=1S/C18H18N2O6S/c1-25-13-5-3-4-12(10-13)19-27(23,24)14-6-7-16(26-2)15(11-14)20-17(21)8-9-18(20)22/h3-7,10-11,19H,8-9H2,1-2H3. The molecule has 9 heteroatoms. The summed E-state index contributed by atoms with van der Waals surface area (Å²) in [7, 11) is -1.10. The average Bonchev–Trinajstić information content (AvgIpc) is 2.99. The van der Waals surface area contributed by atoms with Crippen molar-refractivity contribution in [2.24, 2.45) is 0 Å². The molecule has 0 aromatic heterocycles. The topological polar surface area (TPSA) is 102 Å². The summed E-state index contributed by atoms with van der Waals surface area (Å²) in [5.41, 5.74) is 0.429. The number of benzene rings is 2. The lowest BCUT2D eigenvalue weighted by Gasteiger charge is -2.18. The van der Waals surface area contributed by atoms with E-state index in [-0.39, 0.29) is 29.2 Å². The predicted octanol–water partition coefficient (Wildman–Crippen LogP) is 2.16. The molecular formula is C18H18N2O6S. The number of rotatable bonds is 6. The van der Waals surface area contributed by atoms with Crippen molar-refractivity contribution in [2.45, 2.75) is 17.7 Å². The smallest absolute Gasteiger partial charge is 0.261 e. The number of carbonyl (C=O) groups excluding carboxylic acids is 2. The van der Waals surface area contributed by atoms with E-state index in [0.29, 0.717) is 11.4 Å². The zero-order valence-electron chi connectivity index (χ0n) is 14.8. The number of hydrogen-bond acceptors (Lipinski definition) is 6. The minimum Gasteiger partial charge on any atom is -0.497 e. The summed E-state index contributed by atoms with van der Waals surface area (Å²) in [6.07, 6.45) is 0.169. The third-order valence-electron chi connectivity index (χ3n) is 4.08. The van der Waals surface area contributed by atoms with E-state index in [1.165, 1.54) is 38.5 Å². The van der Waals surface area contributed by atoms with Crippen LogP contribution in [0.4, 0.5) is 11.4 Å². The first-order chi connectivity index (χ1) is 12.9. The molecular weight excluding hydrogens is 372 g/mol. The van der Waals surface area contributed by atoms with E-state index in [4.69, 9.17) is 9.47 Å². The fraction of sp³-hybridized carbons (Fsp3) is 0.222. The van der Waals surface area contributed by atoms with E-state index < -0.39 is 21.8 Å². The molecule has 1 saturated heterocycles. The lowest BCUT2D eigenvalue weighted by molar-refractivity contribution is -0.121. The molecule has 0 atom stereocenters. The van der Waals surface area contributed by atoms with Gasteiger partial charge in [-0.3, -0.25) is 14.3 Å². The SMILES string of the molecule is COc1cccc(NS(=O)(=O)c2ccc(OC)c(N3C(=O)CCC3=O)c2)c1. The van der Waals surface area contributed by atoms with Crippen molar-refractivity contribution < 1.29 is 27.5 Å². The highest BCUT2D eigenvalue weighted by Crippen LogP contribution is 2.34. The highest BCUT2D eigenvalue weighted by Gasteiger charge is 2.33. The molecule has 8 nitrogen and oxygen atoms in total. The maximum atomic E-state index is 12.7. The zero-order valence-corrected chi connectivity index (χ0v) is 15.6. The Morgan fingerprint density at radius 1 is 0.963 bits per heavy atom. The Bertz CT molecular complexity index is 987. The van der Waals surface area contributed by atoms with Crippen molar-refractivity contribution in [1.29, 1.82) is 0 Å². The number of methoxy groups -OCH3 is 2. The minimum atomic E-state index is -3.96. The maximum absolute atomic E-state index is 12.7. The molecule has 0 saturated carbocycles. The van der Waals surface area contributed by atoms with Gasteiger partial charge in [0.1, 0.15) is 11.5 Å². The van der Waals surface area contributed by atoms with Crippen LogP contribution in [-0.4, -0.2) is 34.5 Å². The predicted molar refractivity (Wildman–Crippen MR) is 98.5 cm³/mol. The Morgan fingerprint density at radius 3 is 2.30 bits per heavy atom. The summed E-state index contributed by atoms with van der Waals surface area (Å²) in [6.45, 7) is 0. The van der Waals surface area contributed by atoms with Crippen LogP contribution < -0.4 is 19.1 Å². The van der Waals surface area contributed by atoms with Gasteiger partial charge in [0.05, 0.1) is 30.5 Å². The molecule has 3 rings (SSSR count). The monoisotopic (exact) mass is 390 g/mol. The van der Waals surface area contributed by atoms with Gasteiger partial charge in [0, 0.05) is 18.9 Å². The molecule has 0 unspecified atom stereocenters. The molecule has 1 heterocycles. The van der Waals surface area contributed by atoms with Gasteiger partial charge in [-0.25, -0.2) is 13.3 Å². The number of nitrogens with one attached hydrogen (secondary N) is 1. The first kappa shape index (κ1) is 18.7. The van der Waals surface area contributed by atoms with Gasteiger partial charge in [-0.05, 0) is 30.3 Å². The molecule has 1 aliphatic heterocycles. The molecule has 1 aliphatic rings. The molecule has 142 valence electrons. The highest BCUT2D eigenvalue weighted by molar-refractivity contribution is 7.92. The number of sulfonamides is 1. The fourth-order valence-electron chi connectivity index (χ4n) is 2.76. The van der Waals surface area contributed by atoms with Crippen LogP contribution in [-0.2, 0) is 19.6 Å². The summed E-state index contributed by atoms with van der Waals surface area (Å²) in [5.74, 6) is -0.0555. The quantitative estimate of drug-likeness (QED) is 0.759. The van der Waals surface area contributed by atoms with Crippen LogP contribution in [0.15, 0.2) is 47.4 Å². The van der Waals surface area contributed by atoms with Gasteiger partial charge >= 0.3 is 0 Å². The van der Waals surface area contributed by atoms with Crippen LogP contribution in [0, 0.1) is 0 Å². The van der Waals surface area contributed by atoms with Gasteiger partial charge in [0.15, 0.2) is 0 Å². The fourth-order valence-corrected chi connectivity index (χ4v) is 3.83. The van der Waals surface area contributed by atoms with Crippen molar-refractivity contribution in [2.75, 3.05) is 23.8 Å². The van der Waals surface area contributed by atoms with Gasteiger partial charge in [-0.1, -0.05) is 6.07 Å². The lowest BCUT2D eigenvalue weighted by atomic mass is 10.2. The van der Waals surface area contributed by atoms with Crippen molar-refractivity contribution in [3.8, 4) is 11.5 Å². The van der Waals surface area contributed by atoms with Crippen molar-refractivity contribution in [1.82, 2.24) is 0 Å². The first-order valence-electron chi connectivity index (χ1n) is 8.06. The lowest BCUT2D eigenvalue weighted by Crippen LogP contribution is -2.29. The van der Waals surface area contributed by atoms with Gasteiger partial charge in [-0.15, -0.1) is 0 Å². The molecule has 0 bridgehead atoms. The summed E-state index contributed by atoms with van der Waals surface area (Å²) in [5, 5.41) is 0. The summed E-state index contributed by atoms with van der Waals surface area (Å²) in [4.78, 5) is 25.0. The second kappa shape index (κ2) is 7.28. The van der Waals surface area contributed by atoms with Gasteiger partial charge in [0.2, 0.25) is 11.8 Å². The second-order valence-electron chi connectivity index (χ2n) is 5.79. The number of nitrogens with zero attached hydrogens (tertiary/aromatic N) is 1. The van der Waals surface area contributed by atoms with E-state index in [1.807, 2.05) is 0 Å². The summed E-state index contributed by atoms with van der Waals surface area (Å²) in [6, 6.07) is 10.5. The second-order valence-corrected chi connectivity index (χ2v) is 7.48. The van der Waals surface area contributed by atoms with Crippen LogP contribution in [0.3, 0.4) is 0 Å². The Kier molecular flexibility index (Phi) is 5.04. The van der Waals surface area contributed by atoms with Crippen LogP contribution in [0.2, 0.25) is 0 Å². The average molecular weight is 390 g/mol. The molecule has 0 radical (unpaired) electrons. The van der Waals surface area contributed by atoms with Crippen LogP contribution in [0.1, 0.15) is 12.8 Å². The molecule has 1 fully saturated rings. The molecule has 2 aromatic rings. The molecule has 0 aliphatic carbocycles. The van der Waals surface area contributed by atoms with Crippen LogP contribution in [0.25, 0.3) is 0 Å². The van der Waals surface area contributed by atoms with E-state index in [9.17, 15) is 18.0 Å². The van der Waals surface area contributed by atoms with Gasteiger partial charge < -0.3 is 9.47 Å². The van der Waals surface area contributed by atoms with Gasteiger partial charge in [0.25, 0.3) is 10.0 Å². The number of anilines is 2. The zero-order chi connectivity index (χ0) is 19.6. The number of carbonyl (C=O) groups is 2. The third kappa shape index (κ3) is 3.72. The molecule has 1 N–H and O–H groups in total. The van der Waals surface area contributed by atoms with Crippen LogP contribution in [0.5, 0.6) is 11.5 Å². The Hall–Kier alpha value is -3.07. The largest absolute Gasteiger partial charge is 0.497 e. The number of imide groups is 1. The number of hydrogen-bond donors (Lipinski definition) is 1. The number of amides is 2. The molecule has 27 heavy (non-hydrogen) atoms. The Balaban J connectivity index is 1.99. The third-order valence-corrected chi connectivity index (χ3v) is 5.45. The van der Waals surface area contributed by atoms with E-state index >= 15 is 0 Å². The Labute approximate surface area is 156 Å². The first-order valence-corrected chi connectivity index (χ1v) is 9.55. The van der Waals surface area contributed by atoms with E-state index in [1.54, 1.807) is 18.2 Å². The minimum absolute atomic E-state index is 0.0844. The molecule has 2 aromatic carbocycles. The van der Waals surface area contributed by atoms with Crippen molar-refractivity contribution >= 4 is 33.2 Å². The maximum Gasteiger partial charge on any atom is 0.261 e. The van der Waals surface area contributed by atoms with Gasteiger partial charge in [-0.2, -0.15) is 0 Å². The molecule has 0 spiro atoms. The molecule has 2 amide bonds. The highest BCUT2D eigenvalue weighted by atomic mass is 32.2. The van der Waals surface area contributed by atoms with Crippen molar-refractivity contribution in [3.63, 3.8) is 0 Å². The van der Waals surface area contributed by atoms with E-state index in [2.05, 4.69) is 4.72 Å². The van der Waals surface area contributed by atoms with Crippen LogP contribution >= 0.6 is 0 Å². The van der Waals surface area contributed by atoms with E-state index in [0.717, 1.165) is 4.90 Å². The number of ether oxygens (including phenoxy) is 2. The Morgan fingerprint density at radius 2 is 1.67 bits per heavy atom. The van der Waals surface area contributed by atoms with Crippen molar-refractivity contribution in [3.05, 3.63) is 42.5 Å². The normalized spacial score (nSPS) is 14.4. The summed E-state index contributed by atoms with van der Waals surface area (Å²) >= 11 is 0. The summed E-state index contributed by atoms with van der Waals surface area (Å²) < 4.78 is 38.2.